The van der Waals surface area contributed by atoms with E-state index in [0.29, 0.717) is 29.5 Å². The number of unbranched alkanes of at least 4 members (excludes halogenated alkanes) is 1. The molecule has 6 heteroatoms. The summed E-state index contributed by atoms with van der Waals surface area (Å²) in [6.45, 7) is 5.11. The van der Waals surface area contributed by atoms with Crippen LogP contribution in [0.25, 0.3) is 0 Å². The van der Waals surface area contributed by atoms with E-state index in [9.17, 15) is 9.59 Å². The number of carbonyl (C=O) groups excluding carboxylic acids is 2. The number of thiophene rings is 1. The predicted molar refractivity (Wildman–Crippen MR) is 108 cm³/mol. The topological polar surface area (TPSA) is 64.6 Å². The second-order valence-electron chi connectivity index (χ2n) is 6.30. The summed E-state index contributed by atoms with van der Waals surface area (Å²) in [5.74, 6) is 1.23. The molecule has 5 nitrogen and oxygen atoms in total. The molecule has 0 radical (unpaired) electrons. The van der Waals surface area contributed by atoms with Crippen molar-refractivity contribution in [3.8, 4) is 11.5 Å². The Labute approximate surface area is 164 Å². The lowest BCUT2D eigenvalue weighted by molar-refractivity contribution is -0.121. The molecule has 0 fully saturated rings. The second kappa shape index (κ2) is 10.7. The first-order valence-electron chi connectivity index (χ1n) is 9.19. The van der Waals surface area contributed by atoms with Gasteiger partial charge in [0, 0.05) is 24.3 Å². The molecule has 0 unspecified atom stereocenters. The summed E-state index contributed by atoms with van der Waals surface area (Å²) in [7, 11) is 1.60. The quantitative estimate of drug-likeness (QED) is 0.453. The highest BCUT2D eigenvalue weighted by Crippen LogP contribution is 2.28. The van der Waals surface area contributed by atoms with Gasteiger partial charge in [0.25, 0.3) is 0 Å². The van der Waals surface area contributed by atoms with Gasteiger partial charge in [-0.1, -0.05) is 19.4 Å². The number of ketones is 1. The Balaban J connectivity index is 1.81. The molecule has 0 aliphatic carbocycles. The van der Waals surface area contributed by atoms with E-state index < -0.39 is 0 Å². The molecule has 0 saturated heterocycles. The number of rotatable bonds is 11. The van der Waals surface area contributed by atoms with E-state index in [-0.39, 0.29) is 24.5 Å². The molecule has 27 heavy (non-hydrogen) atoms. The molecule has 0 atom stereocenters. The molecule has 1 aromatic carbocycles. The molecule has 2 aromatic rings. The average Bonchev–Trinajstić information content (AvgIpc) is 3.11. The largest absolute Gasteiger partial charge is 0.493 e. The molecule has 1 amide bonds. The van der Waals surface area contributed by atoms with Gasteiger partial charge in [-0.15, -0.1) is 11.3 Å². The van der Waals surface area contributed by atoms with Crippen LogP contribution in [0.3, 0.4) is 0 Å². The van der Waals surface area contributed by atoms with Crippen molar-refractivity contribution in [2.24, 2.45) is 0 Å². The van der Waals surface area contributed by atoms with E-state index in [0.717, 1.165) is 23.3 Å². The third kappa shape index (κ3) is 6.71. The summed E-state index contributed by atoms with van der Waals surface area (Å²) >= 11 is 1.46. The molecule has 1 aromatic heterocycles. The molecule has 0 aliphatic heterocycles. The Kier molecular flexibility index (Phi) is 8.33. The van der Waals surface area contributed by atoms with Crippen LogP contribution in [0.2, 0.25) is 0 Å². The highest BCUT2D eigenvalue weighted by atomic mass is 32.1. The first-order valence-corrected chi connectivity index (χ1v) is 10.0. The maximum Gasteiger partial charge on any atom is 0.220 e. The SMILES string of the molecule is CCCCOc1ccc(CNC(=O)CCC(=O)c2ccc(C)s2)cc1OC. The molecule has 1 heterocycles. The van der Waals surface area contributed by atoms with Crippen LogP contribution in [0.1, 0.15) is 52.7 Å². The standard InChI is InChI=1S/C21H27NO4S/c1-4-5-12-26-18-9-7-16(13-19(18)25-3)14-22-21(24)11-8-17(23)20-10-6-15(2)27-20/h6-7,9-10,13H,4-5,8,11-12,14H2,1-3H3,(H,22,24). The van der Waals surface area contributed by atoms with Crippen LogP contribution in [-0.2, 0) is 11.3 Å². The van der Waals surface area contributed by atoms with Crippen molar-refractivity contribution < 1.29 is 19.1 Å². The van der Waals surface area contributed by atoms with Gasteiger partial charge in [-0.25, -0.2) is 0 Å². The lowest BCUT2D eigenvalue weighted by Gasteiger charge is -2.12. The molecule has 2 rings (SSSR count). The van der Waals surface area contributed by atoms with Gasteiger partial charge in [-0.05, 0) is 43.2 Å². The smallest absolute Gasteiger partial charge is 0.220 e. The Bertz CT molecular complexity index is 769. The fraction of sp³-hybridized carbons (Fsp3) is 0.429. The van der Waals surface area contributed by atoms with Crippen LogP contribution in [0.4, 0.5) is 0 Å². The zero-order valence-corrected chi connectivity index (χ0v) is 17.0. The van der Waals surface area contributed by atoms with Crippen molar-refractivity contribution >= 4 is 23.0 Å². The molecule has 1 N–H and O–H groups in total. The van der Waals surface area contributed by atoms with Gasteiger partial charge in [-0.3, -0.25) is 9.59 Å². The zero-order valence-electron chi connectivity index (χ0n) is 16.2. The number of benzene rings is 1. The van der Waals surface area contributed by atoms with E-state index in [1.165, 1.54) is 11.3 Å². The highest BCUT2D eigenvalue weighted by Gasteiger charge is 2.11. The number of amides is 1. The number of nitrogens with one attached hydrogen (secondary N) is 1. The number of carbonyl (C=O) groups is 2. The summed E-state index contributed by atoms with van der Waals surface area (Å²) in [5.41, 5.74) is 0.920. The number of ether oxygens (including phenoxy) is 2. The first kappa shape index (κ1) is 21.0. The van der Waals surface area contributed by atoms with Gasteiger partial charge in [-0.2, -0.15) is 0 Å². The van der Waals surface area contributed by atoms with Crippen LogP contribution in [0.5, 0.6) is 11.5 Å². The summed E-state index contributed by atoms with van der Waals surface area (Å²) in [6.07, 6.45) is 2.47. The monoisotopic (exact) mass is 389 g/mol. The molecule has 0 aliphatic rings. The fourth-order valence-corrected chi connectivity index (χ4v) is 3.33. The van der Waals surface area contributed by atoms with E-state index in [1.807, 2.05) is 37.3 Å². The van der Waals surface area contributed by atoms with E-state index in [4.69, 9.17) is 9.47 Å². The lowest BCUT2D eigenvalue weighted by atomic mass is 10.1. The maximum absolute atomic E-state index is 12.1. The summed E-state index contributed by atoms with van der Waals surface area (Å²) < 4.78 is 11.1. The Hall–Kier alpha value is -2.34. The van der Waals surface area contributed by atoms with Crippen LogP contribution in [0.15, 0.2) is 30.3 Å². The van der Waals surface area contributed by atoms with E-state index in [1.54, 1.807) is 7.11 Å². The van der Waals surface area contributed by atoms with Gasteiger partial charge in [0.1, 0.15) is 0 Å². The fourth-order valence-electron chi connectivity index (χ4n) is 2.49. The molecular formula is C21H27NO4S. The van der Waals surface area contributed by atoms with Crippen molar-refractivity contribution in [2.75, 3.05) is 13.7 Å². The molecular weight excluding hydrogens is 362 g/mol. The van der Waals surface area contributed by atoms with E-state index >= 15 is 0 Å². The Morgan fingerprint density at radius 2 is 1.93 bits per heavy atom. The maximum atomic E-state index is 12.1. The van der Waals surface area contributed by atoms with Crippen LogP contribution in [-0.4, -0.2) is 25.4 Å². The van der Waals surface area contributed by atoms with Crippen LogP contribution < -0.4 is 14.8 Å². The minimum Gasteiger partial charge on any atom is -0.493 e. The van der Waals surface area contributed by atoms with Crippen molar-refractivity contribution in [3.05, 3.63) is 45.6 Å². The molecule has 146 valence electrons. The lowest BCUT2D eigenvalue weighted by Crippen LogP contribution is -2.23. The van der Waals surface area contributed by atoms with Crippen molar-refractivity contribution in [3.63, 3.8) is 0 Å². The molecule has 0 spiro atoms. The van der Waals surface area contributed by atoms with E-state index in [2.05, 4.69) is 12.2 Å². The highest BCUT2D eigenvalue weighted by molar-refractivity contribution is 7.14. The number of hydrogen-bond donors (Lipinski definition) is 1. The zero-order chi connectivity index (χ0) is 19.6. The van der Waals surface area contributed by atoms with Gasteiger partial charge >= 0.3 is 0 Å². The van der Waals surface area contributed by atoms with Crippen LogP contribution >= 0.6 is 11.3 Å². The number of aryl methyl sites for hydroxylation is 1. The third-order valence-electron chi connectivity index (χ3n) is 4.07. The predicted octanol–water partition coefficient (Wildman–Crippen LogP) is 4.52. The second-order valence-corrected chi connectivity index (χ2v) is 7.59. The van der Waals surface area contributed by atoms with Gasteiger partial charge in [0.05, 0.1) is 18.6 Å². The number of hydrogen-bond acceptors (Lipinski definition) is 5. The normalized spacial score (nSPS) is 10.5. The Morgan fingerprint density at radius 3 is 2.59 bits per heavy atom. The summed E-state index contributed by atoms with van der Waals surface area (Å²) in [5, 5.41) is 2.85. The van der Waals surface area contributed by atoms with Crippen molar-refractivity contribution in [2.45, 2.75) is 46.1 Å². The minimum atomic E-state index is -0.140. The summed E-state index contributed by atoms with van der Waals surface area (Å²) in [6, 6.07) is 9.36. The molecule has 0 bridgehead atoms. The average molecular weight is 390 g/mol. The Morgan fingerprint density at radius 1 is 1.11 bits per heavy atom. The van der Waals surface area contributed by atoms with Gasteiger partial charge in [0.2, 0.25) is 5.91 Å². The summed E-state index contributed by atoms with van der Waals surface area (Å²) in [4.78, 5) is 25.9. The minimum absolute atomic E-state index is 0.0125. The van der Waals surface area contributed by atoms with Gasteiger partial charge in [0.15, 0.2) is 17.3 Å². The third-order valence-corrected chi connectivity index (χ3v) is 5.11. The molecule has 0 saturated carbocycles. The first-order chi connectivity index (χ1) is 13.0. The number of Topliss-reactive ketones (excluding diaryl/α,β-unsaturated/α-hetero) is 1. The van der Waals surface area contributed by atoms with Crippen molar-refractivity contribution in [1.82, 2.24) is 5.32 Å². The number of methoxy groups -OCH3 is 1. The van der Waals surface area contributed by atoms with Crippen LogP contribution in [0, 0.1) is 6.92 Å². The van der Waals surface area contributed by atoms with Crippen molar-refractivity contribution in [1.29, 1.82) is 0 Å². The van der Waals surface area contributed by atoms with Gasteiger partial charge < -0.3 is 14.8 Å².